The number of hydrogen-bond acceptors (Lipinski definition) is 7. The fourth-order valence-corrected chi connectivity index (χ4v) is 4.33. The van der Waals surface area contributed by atoms with Crippen LogP contribution >= 0.6 is 11.8 Å². The first-order valence-electron chi connectivity index (χ1n) is 9.79. The second-order valence-corrected chi connectivity index (χ2v) is 9.75. The van der Waals surface area contributed by atoms with Crippen LogP contribution in [0.25, 0.3) is 0 Å². The van der Waals surface area contributed by atoms with Crippen LogP contribution in [-0.2, 0) is 14.3 Å². The third kappa shape index (κ3) is 5.62. The molecule has 1 unspecified atom stereocenters. The van der Waals surface area contributed by atoms with Gasteiger partial charge < -0.3 is 14.5 Å². The van der Waals surface area contributed by atoms with Crippen LogP contribution in [0.2, 0.25) is 0 Å². The van der Waals surface area contributed by atoms with Crippen LogP contribution in [-0.4, -0.2) is 70.6 Å². The molecule has 2 aliphatic rings. The minimum atomic E-state index is -0.497. The van der Waals surface area contributed by atoms with E-state index in [0.29, 0.717) is 45.0 Å². The highest BCUT2D eigenvalue weighted by Gasteiger charge is 2.33. The lowest BCUT2D eigenvalue weighted by Gasteiger charge is -2.36. The molecule has 0 saturated carbocycles. The molecular formula is C20H28N4O4S. The van der Waals surface area contributed by atoms with Crippen molar-refractivity contribution in [1.82, 2.24) is 9.88 Å². The van der Waals surface area contributed by atoms with Crippen molar-refractivity contribution < 1.29 is 19.1 Å². The molecule has 1 aromatic rings. The van der Waals surface area contributed by atoms with Crippen molar-refractivity contribution in [2.75, 3.05) is 42.5 Å². The molecule has 158 valence electrons. The minimum absolute atomic E-state index is 0.00465. The van der Waals surface area contributed by atoms with Gasteiger partial charge in [-0.15, -0.1) is 0 Å². The Labute approximate surface area is 175 Å². The van der Waals surface area contributed by atoms with Crippen LogP contribution < -0.4 is 9.80 Å². The van der Waals surface area contributed by atoms with E-state index in [-0.39, 0.29) is 22.4 Å². The number of thioether (sulfide) groups is 1. The number of anilines is 2. The van der Waals surface area contributed by atoms with E-state index < -0.39 is 5.60 Å². The first-order chi connectivity index (χ1) is 13.6. The van der Waals surface area contributed by atoms with Crippen molar-refractivity contribution in [3.05, 3.63) is 18.3 Å². The van der Waals surface area contributed by atoms with Crippen molar-refractivity contribution in [3.8, 4) is 0 Å². The first kappa shape index (κ1) is 21.4. The van der Waals surface area contributed by atoms with E-state index in [1.165, 1.54) is 18.7 Å². The predicted octanol–water partition coefficient (Wildman–Crippen LogP) is 2.52. The number of pyridine rings is 1. The summed E-state index contributed by atoms with van der Waals surface area (Å²) in [5, 5.41) is 0.0147. The fourth-order valence-electron chi connectivity index (χ4n) is 3.41. The van der Waals surface area contributed by atoms with Gasteiger partial charge in [0.15, 0.2) is 5.12 Å². The molecule has 0 aromatic carbocycles. The molecule has 0 aliphatic carbocycles. The summed E-state index contributed by atoms with van der Waals surface area (Å²) in [5.41, 5.74) is 0.460. The smallest absolute Gasteiger partial charge is 0.410 e. The standard InChI is InChI=1S/C20H28N4O4S/c1-14(25)29-16-11-18(26)24(13-16)17-6-5-15(12-21-17)22-7-9-23(10-8-22)19(27)28-20(2,3)4/h5-6,12,16H,7-11,13H2,1-4H3. The van der Waals surface area contributed by atoms with Crippen molar-refractivity contribution in [2.24, 2.45) is 0 Å². The van der Waals surface area contributed by atoms with E-state index in [9.17, 15) is 14.4 Å². The molecule has 0 spiro atoms. The van der Waals surface area contributed by atoms with Gasteiger partial charge in [-0.25, -0.2) is 9.78 Å². The lowest BCUT2D eigenvalue weighted by Crippen LogP contribution is -2.50. The van der Waals surface area contributed by atoms with Crippen LogP contribution in [0.4, 0.5) is 16.3 Å². The zero-order valence-electron chi connectivity index (χ0n) is 17.4. The molecule has 8 nitrogen and oxygen atoms in total. The highest BCUT2D eigenvalue weighted by Crippen LogP contribution is 2.28. The zero-order chi connectivity index (χ0) is 21.2. The molecule has 1 atom stereocenters. The summed E-state index contributed by atoms with van der Waals surface area (Å²) >= 11 is 1.22. The molecule has 2 fully saturated rings. The summed E-state index contributed by atoms with van der Waals surface area (Å²) in [4.78, 5) is 45.7. The number of piperazine rings is 1. The molecule has 2 saturated heterocycles. The lowest BCUT2D eigenvalue weighted by atomic mass is 10.2. The lowest BCUT2D eigenvalue weighted by molar-refractivity contribution is -0.117. The van der Waals surface area contributed by atoms with Crippen LogP contribution in [0, 0.1) is 0 Å². The maximum atomic E-state index is 12.3. The quantitative estimate of drug-likeness (QED) is 0.743. The average molecular weight is 421 g/mol. The Hall–Kier alpha value is -2.29. The van der Waals surface area contributed by atoms with Crippen LogP contribution in [0.15, 0.2) is 18.3 Å². The molecule has 0 bridgehead atoms. The Morgan fingerprint density at radius 1 is 1.17 bits per heavy atom. The highest BCUT2D eigenvalue weighted by atomic mass is 32.2. The number of nitrogens with zero attached hydrogens (tertiary/aromatic N) is 4. The number of ether oxygens (including phenoxy) is 1. The maximum Gasteiger partial charge on any atom is 0.410 e. The molecule has 29 heavy (non-hydrogen) atoms. The Kier molecular flexibility index (Phi) is 6.36. The highest BCUT2D eigenvalue weighted by molar-refractivity contribution is 8.14. The number of aromatic nitrogens is 1. The van der Waals surface area contributed by atoms with Crippen molar-refractivity contribution in [2.45, 2.75) is 45.0 Å². The SMILES string of the molecule is CC(=O)SC1CC(=O)N(c2ccc(N3CCN(C(=O)OC(C)(C)C)CC3)cn2)C1. The van der Waals surface area contributed by atoms with Gasteiger partial charge in [0.1, 0.15) is 11.4 Å². The van der Waals surface area contributed by atoms with Crippen molar-refractivity contribution in [1.29, 1.82) is 0 Å². The minimum Gasteiger partial charge on any atom is -0.444 e. The van der Waals surface area contributed by atoms with E-state index in [1.54, 1.807) is 16.0 Å². The first-order valence-corrected chi connectivity index (χ1v) is 10.7. The van der Waals surface area contributed by atoms with Gasteiger partial charge in [0.05, 0.1) is 11.9 Å². The Balaban J connectivity index is 1.56. The summed E-state index contributed by atoms with van der Waals surface area (Å²) in [6.07, 6.45) is 1.84. The largest absolute Gasteiger partial charge is 0.444 e. The monoisotopic (exact) mass is 420 g/mol. The molecule has 3 heterocycles. The molecule has 3 rings (SSSR count). The second-order valence-electron chi connectivity index (χ2n) is 8.27. The summed E-state index contributed by atoms with van der Waals surface area (Å²) in [6, 6.07) is 3.79. The van der Waals surface area contributed by atoms with Gasteiger partial charge in [0, 0.05) is 51.3 Å². The summed E-state index contributed by atoms with van der Waals surface area (Å²) in [5.74, 6) is 0.604. The zero-order valence-corrected chi connectivity index (χ0v) is 18.2. The van der Waals surface area contributed by atoms with E-state index in [4.69, 9.17) is 4.74 Å². The van der Waals surface area contributed by atoms with Crippen LogP contribution in [0.5, 0.6) is 0 Å². The fraction of sp³-hybridized carbons (Fsp3) is 0.600. The van der Waals surface area contributed by atoms with Crippen molar-refractivity contribution >= 4 is 40.4 Å². The number of carbonyl (C=O) groups is 3. The Morgan fingerprint density at radius 3 is 2.41 bits per heavy atom. The molecule has 0 N–H and O–H groups in total. The normalized spacial score (nSPS) is 20.2. The molecular weight excluding hydrogens is 392 g/mol. The van der Waals surface area contributed by atoms with Crippen LogP contribution in [0.1, 0.15) is 34.1 Å². The Bertz CT molecular complexity index is 770. The topological polar surface area (TPSA) is 83.1 Å². The second kappa shape index (κ2) is 8.61. The summed E-state index contributed by atoms with van der Waals surface area (Å²) in [7, 11) is 0. The van der Waals surface area contributed by atoms with E-state index in [1.807, 2.05) is 32.9 Å². The van der Waals surface area contributed by atoms with Crippen molar-refractivity contribution in [3.63, 3.8) is 0 Å². The van der Waals surface area contributed by atoms with Gasteiger partial charge in [-0.2, -0.15) is 0 Å². The van der Waals surface area contributed by atoms with E-state index in [0.717, 1.165) is 5.69 Å². The third-order valence-corrected chi connectivity index (χ3v) is 5.71. The number of amides is 2. The van der Waals surface area contributed by atoms with E-state index in [2.05, 4.69) is 9.88 Å². The van der Waals surface area contributed by atoms with Crippen LogP contribution in [0.3, 0.4) is 0 Å². The van der Waals surface area contributed by atoms with Gasteiger partial charge in [-0.1, -0.05) is 11.8 Å². The molecule has 1 aromatic heterocycles. The molecule has 2 aliphatic heterocycles. The summed E-state index contributed by atoms with van der Waals surface area (Å²) in [6.45, 7) is 10.2. The summed E-state index contributed by atoms with van der Waals surface area (Å²) < 4.78 is 5.43. The van der Waals surface area contributed by atoms with Gasteiger partial charge in [0.25, 0.3) is 0 Å². The maximum absolute atomic E-state index is 12.3. The predicted molar refractivity (Wildman–Crippen MR) is 113 cm³/mol. The van der Waals surface area contributed by atoms with E-state index >= 15 is 0 Å². The molecule has 9 heteroatoms. The van der Waals surface area contributed by atoms with Gasteiger partial charge >= 0.3 is 6.09 Å². The molecule has 2 amide bonds. The number of carbonyl (C=O) groups excluding carboxylic acids is 3. The number of hydrogen-bond donors (Lipinski definition) is 0. The Morgan fingerprint density at radius 2 is 1.86 bits per heavy atom. The van der Waals surface area contributed by atoms with Gasteiger partial charge in [-0.05, 0) is 32.9 Å². The third-order valence-electron chi connectivity index (χ3n) is 4.73. The average Bonchev–Trinajstić information content (AvgIpc) is 3.00. The number of rotatable bonds is 3. The molecule has 0 radical (unpaired) electrons. The van der Waals surface area contributed by atoms with Gasteiger partial charge in [0.2, 0.25) is 5.91 Å². The van der Waals surface area contributed by atoms with Gasteiger partial charge in [-0.3, -0.25) is 14.5 Å².